The minimum absolute atomic E-state index is 0.00915. The summed E-state index contributed by atoms with van der Waals surface area (Å²) in [5.74, 6) is -1.90. The van der Waals surface area contributed by atoms with Crippen molar-refractivity contribution in [2.45, 2.75) is 26.8 Å². The van der Waals surface area contributed by atoms with Gasteiger partial charge in [-0.05, 0) is 30.3 Å². The summed E-state index contributed by atoms with van der Waals surface area (Å²) in [7, 11) is 0. The first-order valence-corrected chi connectivity index (χ1v) is 8.53. The molecule has 2 aromatic rings. The van der Waals surface area contributed by atoms with Gasteiger partial charge in [0.2, 0.25) is 5.91 Å². The lowest BCUT2D eigenvalue weighted by Crippen LogP contribution is -2.31. The maximum absolute atomic E-state index is 12.8. The van der Waals surface area contributed by atoms with Gasteiger partial charge in [0.1, 0.15) is 11.8 Å². The monoisotopic (exact) mass is 368 g/mol. The molecule has 7 heteroatoms. The average molecular weight is 368 g/mol. The number of ketones is 1. The van der Waals surface area contributed by atoms with Crippen molar-refractivity contribution >= 4 is 29.0 Å². The van der Waals surface area contributed by atoms with Gasteiger partial charge in [-0.3, -0.25) is 19.3 Å². The summed E-state index contributed by atoms with van der Waals surface area (Å²) in [5.41, 5.74) is 0.926. The number of rotatable bonds is 5. The standard InChI is InChI=1S/C20H20N2O5/c1-11(2)18(24)16-17(15-8-5-9-27-15)22(20(26)19(16)25)14-7-4-6-13(10-14)21-12(3)23/h4-11,17,25H,1-3H3,(H,21,23). The highest BCUT2D eigenvalue weighted by molar-refractivity contribution is 6.16. The molecule has 0 saturated heterocycles. The Bertz CT molecular complexity index is 928. The van der Waals surface area contributed by atoms with Gasteiger partial charge in [-0.1, -0.05) is 19.9 Å². The summed E-state index contributed by atoms with van der Waals surface area (Å²) in [4.78, 5) is 38.2. The molecule has 140 valence electrons. The van der Waals surface area contributed by atoms with Crippen molar-refractivity contribution in [2.24, 2.45) is 5.92 Å². The second-order valence-electron chi connectivity index (χ2n) is 6.61. The maximum Gasteiger partial charge on any atom is 0.294 e. The van der Waals surface area contributed by atoms with Crippen LogP contribution in [0.4, 0.5) is 11.4 Å². The van der Waals surface area contributed by atoms with Crippen LogP contribution in [-0.2, 0) is 14.4 Å². The van der Waals surface area contributed by atoms with Crippen molar-refractivity contribution in [2.75, 3.05) is 10.2 Å². The third kappa shape index (κ3) is 3.36. The fourth-order valence-electron chi connectivity index (χ4n) is 3.09. The van der Waals surface area contributed by atoms with Gasteiger partial charge in [0.25, 0.3) is 5.91 Å². The molecule has 2 amide bonds. The van der Waals surface area contributed by atoms with Gasteiger partial charge >= 0.3 is 0 Å². The molecule has 0 fully saturated rings. The van der Waals surface area contributed by atoms with Crippen molar-refractivity contribution in [3.8, 4) is 0 Å². The molecule has 1 unspecified atom stereocenters. The fraction of sp³-hybridized carbons (Fsp3) is 0.250. The molecule has 1 aliphatic rings. The number of carbonyl (C=O) groups is 3. The Labute approximate surface area is 156 Å². The SMILES string of the molecule is CC(=O)Nc1cccc(N2C(=O)C(O)=C(C(=O)C(C)C)C2c2ccco2)c1. The van der Waals surface area contributed by atoms with Crippen molar-refractivity contribution < 1.29 is 23.9 Å². The maximum atomic E-state index is 12.8. The fourth-order valence-corrected chi connectivity index (χ4v) is 3.09. The molecular formula is C20H20N2O5. The van der Waals surface area contributed by atoms with Gasteiger partial charge in [0, 0.05) is 24.2 Å². The Morgan fingerprint density at radius 2 is 1.96 bits per heavy atom. The highest BCUT2D eigenvalue weighted by atomic mass is 16.3. The van der Waals surface area contributed by atoms with Crippen molar-refractivity contribution in [3.63, 3.8) is 0 Å². The molecule has 1 aromatic heterocycles. The van der Waals surface area contributed by atoms with Crippen LogP contribution in [-0.4, -0.2) is 22.7 Å². The number of benzene rings is 1. The van der Waals surface area contributed by atoms with Crippen LogP contribution < -0.4 is 10.2 Å². The topological polar surface area (TPSA) is 99.9 Å². The second-order valence-corrected chi connectivity index (χ2v) is 6.61. The molecule has 1 aliphatic heterocycles. The minimum Gasteiger partial charge on any atom is -0.503 e. The number of carbonyl (C=O) groups excluding carboxylic acids is 3. The van der Waals surface area contributed by atoms with Gasteiger partial charge < -0.3 is 14.8 Å². The second kappa shape index (κ2) is 7.11. The molecule has 0 radical (unpaired) electrons. The number of hydrogen-bond donors (Lipinski definition) is 2. The van der Waals surface area contributed by atoms with Crippen LogP contribution in [0.15, 0.2) is 58.4 Å². The van der Waals surface area contributed by atoms with E-state index in [0.717, 1.165) is 0 Å². The normalized spacial score (nSPS) is 17.0. The van der Waals surface area contributed by atoms with Gasteiger partial charge in [0.05, 0.1) is 11.8 Å². The molecule has 1 aromatic carbocycles. The molecule has 2 heterocycles. The minimum atomic E-state index is -0.880. The van der Waals surface area contributed by atoms with E-state index in [4.69, 9.17) is 4.42 Å². The lowest BCUT2D eigenvalue weighted by atomic mass is 9.94. The van der Waals surface area contributed by atoms with E-state index in [1.165, 1.54) is 18.1 Å². The highest BCUT2D eigenvalue weighted by Gasteiger charge is 2.46. The van der Waals surface area contributed by atoms with Crippen LogP contribution in [0.1, 0.15) is 32.6 Å². The predicted molar refractivity (Wildman–Crippen MR) is 99.2 cm³/mol. The Morgan fingerprint density at radius 3 is 2.56 bits per heavy atom. The summed E-state index contributed by atoms with van der Waals surface area (Å²) in [6.45, 7) is 4.78. The quantitative estimate of drug-likeness (QED) is 0.843. The zero-order chi connectivity index (χ0) is 19.7. The highest BCUT2D eigenvalue weighted by Crippen LogP contribution is 2.42. The first kappa shape index (κ1) is 18.4. The Kier molecular flexibility index (Phi) is 4.85. The van der Waals surface area contributed by atoms with E-state index in [2.05, 4.69) is 5.32 Å². The van der Waals surface area contributed by atoms with Crippen LogP contribution in [0.3, 0.4) is 0 Å². The number of hydrogen-bond acceptors (Lipinski definition) is 5. The van der Waals surface area contributed by atoms with Crippen molar-refractivity contribution in [3.05, 3.63) is 59.8 Å². The summed E-state index contributed by atoms with van der Waals surface area (Å²) >= 11 is 0. The van der Waals surface area contributed by atoms with Crippen LogP contribution in [0, 0.1) is 5.92 Å². The number of Topliss-reactive ketones (excluding diaryl/α,β-unsaturated/α-hetero) is 1. The number of amides is 2. The van der Waals surface area contributed by atoms with Gasteiger partial charge in [0.15, 0.2) is 11.5 Å². The number of anilines is 2. The number of aliphatic hydroxyl groups is 1. The molecule has 0 bridgehead atoms. The molecule has 0 aliphatic carbocycles. The first-order valence-electron chi connectivity index (χ1n) is 8.53. The van der Waals surface area contributed by atoms with E-state index < -0.39 is 23.6 Å². The van der Waals surface area contributed by atoms with E-state index in [9.17, 15) is 19.5 Å². The smallest absolute Gasteiger partial charge is 0.294 e. The molecule has 1 atom stereocenters. The number of aliphatic hydroxyl groups excluding tert-OH is 1. The summed E-state index contributed by atoms with van der Waals surface area (Å²) in [6.07, 6.45) is 1.44. The Hall–Kier alpha value is -3.35. The van der Waals surface area contributed by atoms with E-state index in [-0.39, 0.29) is 17.3 Å². The summed E-state index contributed by atoms with van der Waals surface area (Å²) in [5, 5.41) is 13.1. The lowest BCUT2D eigenvalue weighted by molar-refractivity contribution is -0.119. The molecule has 27 heavy (non-hydrogen) atoms. The average Bonchev–Trinajstić information content (AvgIpc) is 3.21. The number of furan rings is 1. The van der Waals surface area contributed by atoms with E-state index in [0.29, 0.717) is 17.1 Å². The van der Waals surface area contributed by atoms with E-state index >= 15 is 0 Å². The first-order chi connectivity index (χ1) is 12.8. The van der Waals surface area contributed by atoms with Gasteiger partial charge in [-0.15, -0.1) is 0 Å². The third-order valence-corrected chi connectivity index (χ3v) is 4.26. The van der Waals surface area contributed by atoms with Crippen LogP contribution >= 0.6 is 0 Å². The van der Waals surface area contributed by atoms with Gasteiger partial charge in [-0.2, -0.15) is 0 Å². The van der Waals surface area contributed by atoms with E-state index in [1.54, 1.807) is 50.2 Å². The molecule has 0 spiro atoms. The largest absolute Gasteiger partial charge is 0.503 e. The summed E-state index contributed by atoms with van der Waals surface area (Å²) in [6, 6.07) is 9.04. The molecular weight excluding hydrogens is 348 g/mol. The molecule has 7 nitrogen and oxygen atoms in total. The zero-order valence-corrected chi connectivity index (χ0v) is 15.2. The van der Waals surface area contributed by atoms with E-state index in [1.807, 2.05) is 0 Å². The third-order valence-electron chi connectivity index (χ3n) is 4.26. The summed E-state index contributed by atoms with van der Waals surface area (Å²) < 4.78 is 5.46. The van der Waals surface area contributed by atoms with Crippen LogP contribution in [0.5, 0.6) is 0 Å². The van der Waals surface area contributed by atoms with Crippen LogP contribution in [0.2, 0.25) is 0 Å². The molecule has 3 rings (SSSR count). The number of nitrogens with zero attached hydrogens (tertiary/aromatic N) is 1. The van der Waals surface area contributed by atoms with Crippen LogP contribution in [0.25, 0.3) is 0 Å². The molecule has 0 saturated carbocycles. The zero-order valence-electron chi connectivity index (χ0n) is 15.2. The molecule has 2 N–H and O–H groups in total. The number of nitrogens with one attached hydrogen (secondary N) is 1. The Balaban J connectivity index is 2.11. The van der Waals surface area contributed by atoms with Crippen molar-refractivity contribution in [1.82, 2.24) is 0 Å². The van der Waals surface area contributed by atoms with Crippen molar-refractivity contribution in [1.29, 1.82) is 0 Å². The Morgan fingerprint density at radius 1 is 1.22 bits per heavy atom. The predicted octanol–water partition coefficient (Wildman–Crippen LogP) is 3.36. The van der Waals surface area contributed by atoms with Gasteiger partial charge in [-0.25, -0.2) is 0 Å². The lowest BCUT2D eigenvalue weighted by Gasteiger charge is -2.25.